The van der Waals surface area contributed by atoms with Crippen molar-refractivity contribution in [3.05, 3.63) is 40.7 Å². The van der Waals surface area contributed by atoms with Gasteiger partial charge in [0.25, 0.3) is 0 Å². The van der Waals surface area contributed by atoms with Crippen molar-refractivity contribution in [2.45, 2.75) is 31.4 Å². The van der Waals surface area contributed by atoms with Crippen LogP contribution in [0.5, 0.6) is 0 Å². The summed E-state index contributed by atoms with van der Waals surface area (Å²) in [5, 5.41) is 5.84. The highest BCUT2D eigenvalue weighted by Crippen LogP contribution is 2.46. The SMILES string of the molecule is FC(F)(F)c1cnc(Nc2ccc(N3CCC4(CNC4)C3)cc2C2CC2)nc1Cl. The van der Waals surface area contributed by atoms with Crippen molar-refractivity contribution in [1.29, 1.82) is 0 Å². The van der Waals surface area contributed by atoms with Crippen LogP contribution in [-0.2, 0) is 6.18 Å². The van der Waals surface area contributed by atoms with Gasteiger partial charge >= 0.3 is 6.18 Å². The molecule has 1 saturated carbocycles. The number of halogens is 4. The number of nitrogens with zero attached hydrogens (tertiary/aromatic N) is 3. The fourth-order valence-electron chi connectivity index (χ4n) is 4.25. The number of rotatable bonds is 4. The zero-order chi connectivity index (χ0) is 20.2. The van der Waals surface area contributed by atoms with Gasteiger partial charge in [-0.3, -0.25) is 0 Å². The Morgan fingerprint density at radius 1 is 1.24 bits per heavy atom. The molecule has 0 radical (unpaired) electrons. The molecule has 2 aromatic rings. The standard InChI is InChI=1S/C20H21ClF3N5/c21-17-15(20(22,23)24)8-26-18(28-17)27-16-4-3-13(7-14(16)12-1-2-12)29-6-5-19(11-29)9-25-10-19/h3-4,7-8,12,25H,1-2,5-6,9-11H2,(H,26,27,28). The molecule has 0 unspecified atom stereocenters. The zero-order valence-electron chi connectivity index (χ0n) is 15.7. The van der Waals surface area contributed by atoms with Crippen molar-refractivity contribution in [1.82, 2.24) is 15.3 Å². The normalized spacial score (nSPS) is 20.8. The minimum atomic E-state index is -4.57. The Morgan fingerprint density at radius 3 is 2.62 bits per heavy atom. The second-order valence-corrected chi connectivity index (χ2v) is 8.70. The van der Waals surface area contributed by atoms with Gasteiger partial charge in [-0.1, -0.05) is 11.6 Å². The topological polar surface area (TPSA) is 53.1 Å². The Kier molecular flexibility index (Phi) is 4.40. The summed E-state index contributed by atoms with van der Waals surface area (Å²) < 4.78 is 38.6. The van der Waals surface area contributed by atoms with Crippen LogP contribution in [0.2, 0.25) is 5.15 Å². The highest BCUT2D eigenvalue weighted by Gasteiger charge is 2.43. The highest BCUT2D eigenvalue weighted by molar-refractivity contribution is 6.30. The lowest BCUT2D eigenvalue weighted by Crippen LogP contribution is -2.54. The monoisotopic (exact) mass is 423 g/mol. The quantitative estimate of drug-likeness (QED) is 0.705. The van der Waals surface area contributed by atoms with Gasteiger partial charge in [0.05, 0.1) is 0 Å². The molecule has 3 heterocycles. The minimum Gasteiger partial charge on any atom is -0.371 e. The van der Waals surface area contributed by atoms with E-state index >= 15 is 0 Å². The largest absolute Gasteiger partial charge is 0.420 e. The van der Waals surface area contributed by atoms with Gasteiger partial charge in [0.15, 0.2) is 0 Å². The van der Waals surface area contributed by atoms with Crippen LogP contribution in [0, 0.1) is 5.41 Å². The summed E-state index contributed by atoms with van der Waals surface area (Å²) in [6.45, 7) is 4.29. The molecule has 9 heteroatoms. The van der Waals surface area contributed by atoms with E-state index in [0.29, 0.717) is 11.3 Å². The van der Waals surface area contributed by atoms with Crippen molar-refractivity contribution in [2.75, 3.05) is 36.4 Å². The van der Waals surface area contributed by atoms with E-state index < -0.39 is 16.9 Å². The Morgan fingerprint density at radius 2 is 2.03 bits per heavy atom. The van der Waals surface area contributed by atoms with Gasteiger partial charge < -0.3 is 15.5 Å². The average molecular weight is 424 g/mol. The summed E-state index contributed by atoms with van der Waals surface area (Å²) in [5.74, 6) is 0.530. The third kappa shape index (κ3) is 3.64. The number of hydrogen-bond acceptors (Lipinski definition) is 5. The number of nitrogens with one attached hydrogen (secondary N) is 2. The van der Waals surface area contributed by atoms with E-state index in [-0.39, 0.29) is 5.95 Å². The molecule has 5 rings (SSSR count). The van der Waals surface area contributed by atoms with Crippen LogP contribution in [0.3, 0.4) is 0 Å². The molecule has 0 amide bonds. The van der Waals surface area contributed by atoms with E-state index in [4.69, 9.17) is 11.6 Å². The van der Waals surface area contributed by atoms with Gasteiger partial charge in [-0.25, -0.2) is 9.97 Å². The van der Waals surface area contributed by atoms with Gasteiger partial charge in [0.1, 0.15) is 10.7 Å². The molecule has 1 aromatic heterocycles. The number of anilines is 3. The average Bonchev–Trinajstić information content (AvgIpc) is 3.37. The number of benzene rings is 1. The first-order valence-electron chi connectivity index (χ1n) is 9.79. The van der Waals surface area contributed by atoms with E-state index in [1.54, 1.807) is 0 Å². The molecule has 0 bridgehead atoms. The molecular weight excluding hydrogens is 403 g/mol. The maximum absolute atomic E-state index is 12.9. The minimum absolute atomic E-state index is 0.0679. The van der Waals surface area contributed by atoms with Gasteiger partial charge in [-0.2, -0.15) is 13.2 Å². The van der Waals surface area contributed by atoms with Crippen LogP contribution in [0.15, 0.2) is 24.4 Å². The molecule has 1 aliphatic carbocycles. The van der Waals surface area contributed by atoms with Crippen LogP contribution in [0.1, 0.15) is 36.3 Å². The lowest BCUT2D eigenvalue weighted by Gasteiger charge is -2.39. The highest BCUT2D eigenvalue weighted by atomic mass is 35.5. The van der Waals surface area contributed by atoms with Crippen molar-refractivity contribution < 1.29 is 13.2 Å². The Hall–Kier alpha value is -2.06. The van der Waals surface area contributed by atoms with Crippen molar-refractivity contribution in [3.63, 3.8) is 0 Å². The van der Waals surface area contributed by atoms with Crippen LogP contribution >= 0.6 is 11.6 Å². The third-order valence-corrected chi connectivity index (χ3v) is 6.44. The smallest absolute Gasteiger partial charge is 0.371 e. The van der Waals surface area contributed by atoms with Crippen LogP contribution in [0.25, 0.3) is 0 Å². The molecule has 2 saturated heterocycles. The lowest BCUT2D eigenvalue weighted by molar-refractivity contribution is -0.137. The molecule has 2 N–H and O–H groups in total. The molecule has 2 aliphatic heterocycles. The van der Waals surface area contributed by atoms with Crippen LogP contribution in [0.4, 0.5) is 30.5 Å². The molecule has 0 atom stereocenters. The van der Waals surface area contributed by atoms with Crippen molar-refractivity contribution >= 4 is 28.9 Å². The summed E-state index contributed by atoms with van der Waals surface area (Å²) in [4.78, 5) is 10.0. The second kappa shape index (κ2) is 6.74. The van der Waals surface area contributed by atoms with Gasteiger partial charge in [0.2, 0.25) is 5.95 Å². The fraction of sp³-hybridized carbons (Fsp3) is 0.500. The maximum atomic E-state index is 12.9. The summed E-state index contributed by atoms with van der Waals surface area (Å²) in [7, 11) is 0. The Balaban J connectivity index is 1.39. The lowest BCUT2D eigenvalue weighted by atomic mass is 9.81. The van der Waals surface area contributed by atoms with Gasteiger partial charge in [0, 0.05) is 49.2 Å². The van der Waals surface area contributed by atoms with Crippen LogP contribution in [-0.4, -0.2) is 36.1 Å². The summed E-state index contributed by atoms with van der Waals surface area (Å²) in [6, 6.07) is 6.24. The third-order valence-electron chi connectivity index (χ3n) is 6.15. The van der Waals surface area contributed by atoms with Crippen molar-refractivity contribution in [3.8, 4) is 0 Å². The molecule has 3 fully saturated rings. The first-order valence-corrected chi connectivity index (χ1v) is 10.2. The van der Waals surface area contributed by atoms with E-state index in [9.17, 15) is 13.2 Å². The Bertz CT molecular complexity index is 940. The fourth-order valence-corrected chi connectivity index (χ4v) is 4.48. The second-order valence-electron chi connectivity index (χ2n) is 8.34. The van der Waals surface area contributed by atoms with E-state index in [1.807, 2.05) is 6.07 Å². The molecule has 3 aliphatic rings. The number of hydrogen-bond donors (Lipinski definition) is 2. The maximum Gasteiger partial charge on any atom is 0.420 e. The molecule has 5 nitrogen and oxygen atoms in total. The van der Waals surface area contributed by atoms with Gasteiger partial charge in [-0.05, 0) is 48.9 Å². The Labute approximate surface area is 171 Å². The molecular formula is C20H21ClF3N5. The first-order chi connectivity index (χ1) is 13.8. The number of aromatic nitrogens is 2. The summed E-state index contributed by atoms with van der Waals surface area (Å²) in [5.41, 5.74) is 2.58. The van der Waals surface area contributed by atoms with Crippen LogP contribution < -0.4 is 15.5 Å². The molecule has 1 spiro atoms. The van der Waals surface area contributed by atoms with E-state index in [1.165, 1.54) is 12.1 Å². The zero-order valence-corrected chi connectivity index (χ0v) is 16.4. The van der Waals surface area contributed by atoms with E-state index in [0.717, 1.165) is 56.5 Å². The predicted molar refractivity (Wildman–Crippen MR) is 106 cm³/mol. The van der Waals surface area contributed by atoms with Gasteiger partial charge in [-0.15, -0.1) is 0 Å². The predicted octanol–water partition coefficient (Wildman–Crippen LogP) is 4.57. The van der Waals surface area contributed by atoms with Crippen molar-refractivity contribution in [2.24, 2.45) is 5.41 Å². The summed E-state index contributed by atoms with van der Waals surface area (Å²) in [6.07, 6.45) is -0.420. The molecule has 29 heavy (non-hydrogen) atoms. The summed E-state index contributed by atoms with van der Waals surface area (Å²) >= 11 is 5.73. The molecule has 154 valence electrons. The molecule has 1 aromatic carbocycles. The van der Waals surface area contributed by atoms with E-state index in [2.05, 4.69) is 37.6 Å². The number of alkyl halides is 3. The first kappa shape index (κ1) is 18.9.